The van der Waals surface area contributed by atoms with Crippen LogP contribution in [0.3, 0.4) is 0 Å². The van der Waals surface area contributed by atoms with Crippen molar-refractivity contribution in [3.63, 3.8) is 0 Å². The minimum atomic E-state index is -0.0166. The summed E-state index contributed by atoms with van der Waals surface area (Å²) in [6.07, 6.45) is 1.77. The van der Waals surface area contributed by atoms with E-state index in [2.05, 4.69) is 5.32 Å². The quantitative estimate of drug-likeness (QED) is 0.884. The largest absolute Gasteiger partial charge is 0.464 e. The van der Waals surface area contributed by atoms with Crippen LogP contribution in [0.5, 0.6) is 0 Å². The molecule has 0 radical (unpaired) electrons. The van der Waals surface area contributed by atoms with Gasteiger partial charge in [-0.25, -0.2) is 0 Å². The van der Waals surface area contributed by atoms with Crippen LogP contribution in [-0.4, -0.2) is 4.57 Å². The van der Waals surface area contributed by atoms with Crippen molar-refractivity contribution < 1.29 is 4.42 Å². The summed E-state index contributed by atoms with van der Waals surface area (Å²) in [5, 5.41) is 3.29. The number of hydrogen-bond acceptors (Lipinski definition) is 3. The predicted molar refractivity (Wildman–Crippen MR) is 67.2 cm³/mol. The molecular weight excluding hydrogens is 216 g/mol. The maximum absolute atomic E-state index is 11.2. The van der Waals surface area contributed by atoms with Crippen LogP contribution in [0.25, 0.3) is 0 Å². The second-order valence-corrected chi connectivity index (χ2v) is 4.18. The lowest BCUT2D eigenvalue weighted by molar-refractivity contribution is 0.467. The standard InChI is InChI=1S/C13H16N2O2/c1-9-4-6-12(17-9)10(2)14-11-5-7-13(16)15(3)8-11/h4-8,10,14H,1-3H3. The van der Waals surface area contributed by atoms with Crippen molar-refractivity contribution in [2.24, 2.45) is 7.05 Å². The van der Waals surface area contributed by atoms with E-state index in [0.717, 1.165) is 17.2 Å². The first-order valence-electron chi connectivity index (χ1n) is 5.56. The molecule has 2 aromatic heterocycles. The molecule has 4 nitrogen and oxygen atoms in total. The van der Waals surface area contributed by atoms with E-state index in [1.54, 1.807) is 29.9 Å². The highest BCUT2D eigenvalue weighted by Gasteiger charge is 2.09. The molecule has 0 bridgehead atoms. The number of furan rings is 1. The van der Waals surface area contributed by atoms with Crippen LogP contribution in [0.2, 0.25) is 0 Å². The van der Waals surface area contributed by atoms with E-state index in [1.165, 1.54) is 0 Å². The average Bonchev–Trinajstić information content (AvgIpc) is 2.70. The summed E-state index contributed by atoms with van der Waals surface area (Å²) in [7, 11) is 1.73. The topological polar surface area (TPSA) is 47.2 Å². The molecule has 0 aliphatic carbocycles. The van der Waals surface area contributed by atoms with E-state index in [4.69, 9.17) is 4.42 Å². The van der Waals surface area contributed by atoms with Gasteiger partial charge in [-0.1, -0.05) is 0 Å². The maximum atomic E-state index is 11.2. The summed E-state index contributed by atoms with van der Waals surface area (Å²) in [4.78, 5) is 11.2. The number of pyridine rings is 1. The first-order chi connectivity index (χ1) is 8.06. The first-order valence-corrected chi connectivity index (χ1v) is 5.56. The van der Waals surface area contributed by atoms with Gasteiger partial charge in [-0.2, -0.15) is 0 Å². The highest BCUT2D eigenvalue weighted by atomic mass is 16.3. The van der Waals surface area contributed by atoms with E-state index < -0.39 is 0 Å². The van der Waals surface area contributed by atoms with Crippen molar-refractivity contribution in [3.05, 3.63) is 52.3 Å². The molecule has 0 saturated heterocycles. The maximum Gasteiger partial charge on any atom is 0.250 e. The van der Waals surface area contributed by atoms with Crippen molar-refractivity contribution in [1.82, 2.24) is 4.57 Å². The zero-order chi connectivity index (χ0) is 12.4. The number of aryl methyl sites for hydroxylation is 2. The minimum absolute atomic E-state index is 0.0166. The van der Waals surface area contributed by atoms with Gasteiger partial charge in [0.25, 0.3) is 0 Å². The van der Waals surface area contributed by atoms with E-state index in [-0.39, 0.29) is 11.6 Å². The van der Waals surface area contributed by atoms with Crippen molar-refractivity contribution >= 4 is 5.69 Å². The summed E-state index contributed by atoms with van der Waals surface area (Å²) in [5.41, 5.74) is 0.880. The summed E-state index contributed by atoms with van der Waals surface area (Å²) in [6, 6.07) is 7.28. The molecule has 0 aliphatic heterocycles. The predicted octanol–water partition coefficient (Wildman–Crippen LogP) is 2.46. The fraction of sp³-hybridized carbons (Fsp3) is 0.308. The molecule has 0 spiro atoms. The lowest BCUT2D eigenvalue weighted by Crippen LogP contribution is -2.16. The molecule has 0 aromatic carbocycles. The fourth-order valence-electron chi connectivity index (χ4n) is 1.69. The zero-order valence-electron chi connectivity index (χ0n) is 10.2. The van der Waals surface area contributed by atoms with Crippen LogP contribution < -0.4 is 10.9 Å². The smallest absolute Gasteiger partial charge is 0.250 e. The Hall–Kier alpha value is -1.97. The Bertz CT molecular complexity index is 569. The van der Waals surface area contributed by atoms with Gasteiger partial charge in [0, 0.05) is 19.3 Å². The fourth-order valence-corrected chi connectivity index (χ4v) is 1.69. The number of aromatic nitrogens is 1. The van der Waals surface area contributed by atoms with Gasteiger partial charge in [0.15, 0.2) is 0 Å². The van der Waals surface area contributed by atoms with Crippen molar-refractivity contribution in [3.8, 4) is 0 Å². The van der Waals surface area contributed by atoms with Crippen LogP contribution in [0.15, 0.2) is 39.7 Å². The Morgan fingerprint density at radius 2 is 2.06 bits per heavy atom. The van der Waals surface area contributed by atoms with Gasteiger partial charge < -0.3 is 14.3 Å². The number of nitrogens with zero attached hydrogens (tertiary/aromatic N) is 1. The van der Waals surface area contributed by atoms with Gasteiger partial charge in [0.05, 0.1) is 11.7 Å². The SMILES string of the molecule is Cc1ccc(C(C)Nc2ccc(=O)n(C)c2)o1. The lowest BCUT2D eigenvalue weighted by Gasteiger charge is -2.13. The Balaban J connectivity index is 2.15. The minimum Gasteiger partial charge on any atom is -0.464 e. The highest BCUT2D eigenvalue weighted by molar-refractivity contribution is 5.42. The van der Waals surface area contributed by atoms with Crippen LogP contribution in [-0.2, 0) is 7.05 Å². The molecule has 2 aromatic rings. The molecule has 17 heavy (non-hydrogen) atoms. The van der Waals surface area contributed by atoms with Gasteiger partial charge in [0.1, 0.15) is 11.5 Å². The summed E-state index contributed by atoms with van der Waals surface area (Å²) in [6.45, 7) is 3.94. The van der Waals surface area contributed by atoms with E-state index >= 15 is 0 Å². The monoisotopic (exact) mass is 232 g/mol. The lowest BCUT2D eigenvalue weighted by atomic mass is 10.2. The Morgan fingerprint density at radius 1 is 1.29 bits per heavy atom. The van der Waals surface area contributed by atoms with Crippen molar-refractivity contribution in [2.45, 2.75) is 19.9 Å². The van der Waals surface area contributed by atoms with E-state index in [0.29, 0.717) is 0 Å². The summed E-state index contributed by atoms with van der Waals surface area (Å²) in [5.74, 6) is 1.78. The van der Waals surface area contributed by atoms with Crippen LogP contribution in [0, 0.1) is 6.92 Å². The third kappa shape index (κ3) is 2.58. The third-order valence-corrected chi connectivity index (χ3v) is 2.66. The molecule has 1 unspecified atom stereocenters. The number of rotatable bonds is 3. The van der Waals surface area contributed by atoms with Crippen LogP contribution in [0.4, 0.5) is 5.69 Å². The molecule has 0 saturated carbocycles. The second kappa shape index (κ2) is 4.49. The highest BCUT2D eigenvalue weighted by Crippen LogP contribution is 2.20. The normalized spacial score (nSPS) is 12.4. The summed E-state index contributed by atoms with van der Waals surface area (Å²) >= 11 is 0. The van der Waals surface area contributed by atoms with Gasteiger partial charge in [-0.15, -0.1) is 0 Å². The Kier molecular flexibility index (Phi) is 3.04. The molecule has 1 N–H and O–H groups in total. The van der Waals surface area contributed by atoms with Crippen LogP contribution in [0.1, 0.15) is 24.5 Å². The molecule has 0 aliphatic rings. The molecule has 4 heteroatoms. The first kappa shape index (κ1) is 11.5. The van der Waals surface area contributed by atoms with Gasteiger partial charge >= 0.3 is 0 Å². The molecule has 1 atom stereocenters. The summed E-state index contributed by atoms with van der Waals surface area (Å²) < 4.78 is 7.08. The van der Waals surface area contributed by atoms with Crippen LogP contribution >= 0.6 is 0 Å². The van der Waals surface area contributed by atoms with Gasteiger partial charge in [-0.3, -0.25) is 4.79 Å². The molecule has 0 fully saturated rings. The molecule has 2 rings (SSSR count). The average molecular weight is 232 g/mol. The van der Waals surface area contributed by atoms with E-state index in [9.17, 15) is 4.79 Å². The molecule has 0 amide bonds. The molecule has 90 valence electrons. The Labute approximate surface area is 99.9 Å². The second-order valence-electron chi connectivity index (χ2n) is 4.18. The zero-order valence-corrected chi connectivity index (χ0v) is 10.2. The third-order valence-electron chi connectivity index (χ3n) is 2.66. The Morgan fingerprint density at radius 3 is 2.65 bits per heavy atom. The van der Waals surface area contributed by atoms with Gasteiger partial charge in [-0.05, 0) is 32.0 Å². The molecular formula is C13H16N2O2. The van der Waals surface area contributed by atoms with E-state index in [1.807, 2.05) is 26.0 Å². The number of nitrogens with one attached hydrogen (secondary N) is 1. The number of hydrogen-bond donors (Lipinski definition) is 1. The molecule has 2 heterocycles. The van der Waals surface area contributed by atoms with Crippen molar-refractivity contribution in [1.29, 1.82) is 0 Å². The number of anilines is 1. The van der Waals surface area contributed by atoms with Gasteiger partial charge in [0.2, 0.25) is 5.56 Å². The van der Waals surface area contributed by atoms with Crippen molar-refractivity contribution in [2.75, 3.05) is 5.32 Å².